The molecule has 5 nitrogen and oxygen atoms in total. The molecule has 6 heteroatoms. The van der Waals surface area contributed by atoms with Crippen molar-refractivity contribution in [1.29, 1.82) is 0 Å². The van der Waals surface area contributed by atoms with Gasteiger partial charge in [-0.25, -0.2) is 0 Å². The largest absolute Gasteiger partial charge is 0.301 e. The normalized spacial score (nSPS) is 14.2. The Morgan fingerprint density at radius 1 is 1.60 bits per heavy atom. The van der Waals surface area contributed by atoms with Crippen LogP contribution in [0.25, 0.3) is 0 Å². The summed E-state index contributed by atoms with van der Waals surface area (Å²) >= 11 is 0. The van der Waals surface area contributed by atoms with Crippen LogP contribution in [0, 0.1) is 0 Å². The second-order valence-corrected chi connectivity index (χ2v) is 3.22. The number of rotatable bonds is 3. The molecule has 1 N–H and O–H groups in total. The minimum absolute atomic E-state index is 0.113. The van der Waals surface area contributed by atoms with Gasteiger partial charge in [0.1, 0.15) is 6.29 Å². The highest BCUT2D eigenvalue weighted by atomic mass is 32.2. The second kappa shape index (κ2) is 2.89. The molecule has 10 heavy (non-hydrogen) atoms. The molecule has 0 fully saturated rings. The van der Waals surface area contributed by atoms with E-state index < -0.39 is 21.2 Å². The first-order chi connectivity index (χ1) is 4.39. The molecule has 0 amide bonds. The number of ketones is 1. The first kappa shape index (κ1) is 9.25. The average Bonchev–Trinajstić information content (AvgIpc) is 1.60. The molecule has 0 saturated heterocycles. The van der Waals surface area contributed by atoms with Crippen LogP contribution < -0.4 is 0 Å². The number of hydrogen-bond acceptors (Lipinski definition) is 4. The molecule has 58 valence electrons. The number of aldehydes is 1. The average molecular weight is 166 g/mol. The van der Waals surface area contributed by atoms with Crippen molar-refractivity contribution in [2.45, 2.75) is 12.2 Å². The van der Waals surface area contributed by atoms with E-state index in [1.54, 1.807) is 0 Å². The molecular weight excluding hydrogens is 160 g/mol. The Kier molecular flexibility index (Phi) is 2.67. The number of Topliss-reactive ketones (excluding diaryl/α,β-unsaturated/α-hetero) is 1. The number of carbonyl (C=O) groups excluding carboxylic acids is 2. The van der Waals surface area contributed by atoms with Gasteiger partial charge in [-0.2, -0.15) is 8.42 Å². The summed E-state index contributed by atoms with van der Waals surface area (Å²) in [7, 11) is -4.53. The lowest BCUT2D eigenvalue weighted by Gasteiger charge is -1.98. The lowest BCUT2D eigenvalue weighted by Crippen LogP contribution is -2.29. The van der Waals surface area contributed by atoms with Crippen LogP contribution in [-0.4, -0.2) is 30.3 Å². The van der Waals surface area contributed by atoms with E-state index in [-0.39, 0.29) is 6.29 Å². The summed E-state index contributed by atoms with van der Waals surface area (Å²) < 4.78 is 28.4. The molecule has 0 saturated carbocycles. The lowest BCUT2D eigenvalue weighted by molar-refractivity contribution is -0.120. The van der Waals surface area contributed by atoms with E-state index in [1.165, 1.54) is 0 Å². The molecule has 0 aliphatic carbocycles. The Morgan fingerprint density at radius 2 is 2.00 bits per heavy atom. The third-order valence-electron chi connectivity index (χ3n) is 0.845. The highest BCUT2D eigenvalue weighted by Crippen LogP contribution is 1.95. The van der Waals surface area contributed by atoms with Gasteiger partial charge in [0.25, 0.3) is 10.1 Å². The van der Waals surface area contributed by atoms with E-state index in [4.69, 9.17) is 4.55 Å². The molecule has 0 radical (unpaired) electrons. The first-order valence-electron chi connectivity index (χ1n) is 2.31. The Hall–Kier alpha value is -0.750. The van der Waals surface area contributed by atoms with Crippen molar-refractivity contribution in [3.05, 3.63) is 0 Å². The summed E-state index contributed by atoms with van der Waals surface area (Å²) in [5.74, 6) is -0.891. The smallest absolute Gasteiger partial charge is 0.281 e. The lowest BCUT2D eigenvalue weighted by atomic mass is 10.3. The van der Waals surface area contributed by atoms with Gasteiger partial charge in [0.15, 0.2) is 11.0 Å². The van der Waals surface area contributed by atoms with Crippen molar-refractivity contribution in [2.24, 2.45) is 0 Å². The SMILES string of the molecule is CC(=O)C(C=O)S(=O)(=O)O. The monoisotopic (exact) mass is 166 g/mol. The Balaban J connectivity index is 4.72. The van der Waals surface area contributed by atoms with Crippen LogP contribution in [-0.2, 0) is 19.7 Å². The van der Waals surface area contributed by atoms with Crippen LogP contribution in [0.3, 0.4) is 0 Å². The third kappa shape index (κ3) is 2.24. The fraction of sp³-hybridized carbons (Fsp3) is 0.500. The summed E-state index contributed by atoms with van der Waals surface area (Å²) in [6.45, 7) is 0.910. The second-order valence-electron chi connectivity index (χ2n) is 1.68. The van der Waals surface area contributed by atoms with Gasteiger partial charge in [-0.3, -0.25) is 9.35 Å². The maximum absolute atomic E-state index is 10.3. The fourth-order valence-corrected chi connectivity index (χ4v) is 0.936. The molecule has 0 aliphatic heterocycles. The summed E-state index contributed by atoms with van der Waals surface area (Å²) in [5.41, 5.74) is 0. The highest BCUT2D eigenvalue weighted by molar-refractivity contribution is 7.88. The molecule has 0 aliphatic rings. The molecule has 0 aromatic carbocycles. The van der Waals surface area contributed by atoms with E-state index in [0.717, 1.165) is 6.92 Å². The van der Waals surface area contributed by atoms with E-state index in [9.17, 15) is 18.0 Å². The number of hydrogen-bond donors (Lipinski definition) is 1. The van der Waals surface area contributed by atoms with Crippen molar-refractivity contribution < 1.29 is 22.6 Å². The van der Waals surface area contributed by atoms with E-state index >= 15 is 0 Å². The van der Waals surface area contributed by atoms with E-state index in [2.05, 4.69) is 0 Å². The van der Waals surface area contributed by atoms with Gasteiger partial charge >= 0.3 is 0 Å². The molecule has 0 spiro atoms. The van der Waals surface area contributed by atoms with Crippen molar-refractivity contribution >= 4 is 22.2 Å². The van der Waals surface area contributed by atoms with Crippen LogP contribution in [0.2, 0.25) is 0 Å². The Bertz CT molecular complexity index is 238. The van der Waals surface area contributed by atoms with Gasteiger partial charge in [-0.1, -0.05) is 0 Å². The minimum atomic E-state index is -4.53. The van der Waals surface area contributed by atoms with Gasteiger partial charge in [0, 0.05) is 0 Å². The van der Waals surface area contributed by atoms with Gasteiger partial charge in [-0.05, 0) is 6.92 Å². The molecule has 0 rings (SSSR count). The fourth-order valence-electron chi connectivity index (χ4n) is 0.376. The Labute approximate surface area is 57.8 Å². The third-order valence-corrected chi connectivity index (χ3v) is 1.93. The summed E-state index contributed by atoms with van der Waals surface area (Å²) in [6.07, 6.45) is -0.113. The van der Waals surface area contributed by atoms with Gasteiger partial charge in [-0.15, -0.1) is 0 Å². The minimum Gasteiger partial charge on any atom is -0.301 e. The van der Waals surface area contributed by atoms with Crippen molar-refractivity contribution in [3.63, 3.8) is 0 Å². The molecule has 0 bridgehead atoms. The molecule has 0 aromatic heterocycles. The van der Waals surface area contributed by atoms with Crippen LogP contribution in [0.1, 0.15) is 6.92 Å². The molecule has 1 unspecified atom stereocenters. The summed E-state index contributed by atoms with van der Waals surface area (Å²) in [5, 5.41) is -1.92. The summed E-state index contributed by atoms with van der Waals surface area (Å²) in [4.78, 5) is 20.1. The molecule has 1 atom stereocenters. The van der Waals surface area contributed by atoms with Crippen LogP contribution in [0.4, 0.5) is 0 Å². The van der Waals surface area contributed by atoms with Crippen molar-refractivity contribution in [3.8, 4) is 0 Å². The maximum atomic E-state index is 10.3. The first-order valence-corrected chi connectivity index (χ1v) is 3.82. The van der Waals surface area contributed by atoms with Gasteiger partial charge in [0.05, 0.1) is 0 Å². The van der Waals surface area contributed by atoms with E-state index in [1.807, 2.05) is 0 Å². The summed E-state index contributed by atoms with van der Waals surface area (Å²) in [6, 6.07) is 0. The predicted octanol–water partition coefficient (Wildman–Crippen LogP) is -0.969. The molecule has 0 heterocycles. The van der Waals surface area contributed by atoms with Gasteiger partial charge < -0.3 is 4.79 Å². The van der Waals surface area contributed by atoms with Gasteiger partial charge in [0.2, 0.25) is 0 Å². The Morgan fingerprint density at radius 3 is 2.00 bits per heavy atom. The molecular formula is C4H6O5S. The zero-order valence-electron chi connectivity index (χ0n) is 5.14. The van der Waals surface area contributed by atoms with Crippen LogP contribution in [0.15, 0.2) is 0 Å². The van der Waals surface area contributed by atoms with Crippen molar-refractivity contribution in [2.75, 3.05) is 0 Å². The molecule has 0 aromatic rings. The highest BCUT2D eigenvalue weighted by Gasteiger charge is 2.26. The standard InChI is InChI=1S/C4H6O5S/c1-3(6)4(2-5)10(7,8)9/h2,4H,1H3,(H,7,8,9). The van der Waals surface area contributed by atoms with Crippen molar-refractivity contribution in [1.82, 2.24) is 0 Å². The number of carbonyl (C=O) groups is 2. The quantitative estimate of drug-likeness (QED) is 0.331. The van der Waals surface area contributed by atoms with Crippen LogP contribution in [0.5, 0.6) is 0 Å². The zero-order valence-corrected chi connectivity index (χ0v) is 5.96. The zero-order chi connectivity index (χ0) is 8.36. The van der Waals surface area contributed by atoms with E-state index in [0.29, 0.717) is 0 Å². The maximum Gasteiger partial charge on any atom is 0.281 e. The topological polar surface area (TPSA) is 88.5 Å². The predicted molar refractivity (Wildman–Crippen MR) is 32.1 cm³/mol. The van der Waals surface area contributed by atoms with Crippen LogP contribution >= 0.6 is 0 Å².